The largest absolute Gasteiger partial charge is 0.302 e. The van der Waals surface area contributed by atoms with Crippen LogP contribution in [-0.4, -0.2) is 11.3 Å². The first-order valence-corrected chi connectivity index (χ1v) is 4.16. The Hall–Kier alpha value is -1.18. The molecular weight excluding hydrogens is 150 g/mol. The van der Waals surface area contributed by atoms with E-state index in [4.69, 9.17) is 0 Å². The molecule has 1 aromatic rings. The van der Waals surface area contributed by atoms with Gasteiger partial charge in [0.05, 0.1) is 5.41 Å². The highest BCUT2D eigenvalue weighted by atomic mass is 16.1. The number of nitrogens with zero attached hydrogens (tertiary/aromatic N) is 1. The first-order valence-electron chi connectivity index (χ1n) is 4.16. The highest BCUT2D eigenvalue weighted by Gasteiger charge is 2.45. The van der Waals surface area contributed by atoms with E-state index >= 15 is 0 Å². The van der Waals surface area contributed by atoms with Gasteiger partial charge < -0.3 is 4.79 Å². The molecule has 0 saturated heterocycles. The van der Waals surface area contributed by atoms with Crippen molar-refractivity contribution in [2.75, 3.05) is 0 Å². The maximum absolute atomic E-state index is 10.8. The molecule has 1 aliphatic rings. The van der Waals surface area contributed by atoms with Crippen molar-refractivity contribution in [3.63, 3.8) is 0 Å². The Morgan fingerprint density at radius 3 is 2.83 bits per heavy atom. The van der Waals surface area contributed by atoms with E-state index in [9.17, 15) is 4.79 Å². The van der Waals surface area contributed by atoms with Crippen LogP contribution >= 0.6 is 0 Å². The second-order valence-corrected chi connectivity index (χ2v) is 3.46. The average molecular weight is 161 g/mol. The first-order chi connectivity index (χ1) is 5.78. The third-order valence-corrected chi connectivity index (χ3v) is 2.59. The van der Waals surface area contributed by atoms with E-state index in [1.807, 2.05) is 19.2 Å². The number of carbonyl (C=O) groups excluding carboxylic acids is 1. The second-order valence-electron chi connectivity index (χ2n) is 3.46. The molecule has 1 aliphatic carbocycles. The van der Waals surface area contributed by atoms with Gasteiger partial charge in [-0.05, 0) is 37.0 Å². The molecule has 0 unspecified atom stereocenters. The van der Waals surface area contributed by atoms with E-state index in [-0.39, 0.29) is 5.41 Å². The van der Waals surface area contributed by atoms with Crippen LogP contribution in [0.25, 0.3) is 0 Å². The predicted octanol–water partition coefficient (Wildman–Crippen LogP) is 1.62. The minimum atomic E-state index is -0.168. The molecule has 0 bridgehead atoms. The van der Waals surface area contributed by atoms with Gasteiger partial charge in [-0.3, -0.25) is 4.98 Å². The number of aromatic nitrogens is 1. The van der Waals surface area contributed by atoms with Crippen LogP contribution in [0.3, 0.4) is 0 Å². The van der Waals surface area contributed by atoms with Crippen LogP contribution in [0.5, 0.6) is 0 Å². The Morgan fingerprint density at radius 1 is 1.58 bits per heavy atom. The van der Waals surface area contributed by atoms with E-state index in [2.05, 4.69) is 4.98 Å². The molecule has 62 valence electrons. The normalized spacial score (nSPS) is 18.8. The molecule has 1 saturated carbocycles. The van der Waals surface area contributed by atoms with E-state index in [0.717, 1.165) is 24.7 Å². The minimum Gasteiger partial charge on any atom is -0.302 e. The predicted molar refractivity (Wildman–Crippen MR) is 46.0 cm³/mol. The monoisotopic (exact) mass is 161 g/mol. The summed E-state index contributed by atoms with van der Waals surface area (Å²) >= 11 is 0. The average Bonchev–Trinajstić information content (AvgIpc) is 2.86. The lowest BCUT2D eigenvalue weighted by Gasteiger charge is -2.09. The Balaban J connectivity index is 2.46. The fraction of sp³-hybridized carbons (Fsp3) is 0.400. The molecule has 0 amide bonds. The molecule has 0 atom stereocenters. The van der Waals surface area contributed by atoms with Gasteiger partial charge in [0, 0.05) is 12.4 Å². The van der Waals surface area contributed by atoms with E-state index in [1.165, 1.54) is 5.56 Å². The van der Waals surface area contributed by atoms with Crippen molar-refractivity contribution in [2.24, 2.45) is 0 Å². The number of pyridine rings is 1. The molecule has 0 aliphatic heterocycles. The second kappa shape index (κ2) is 2.41. The third-order valence-electron chi connectivity index (χ3n) is 2.59. The summed E-state index contributed by atoms with van der Waals surface area (Å²) in [6, 6.07) is 1.96. The van der Waals surface area contributed by atoms with Crippen LogP contribution < -0.4 is 0 Å². The van der Waals surface area contributed by atoms with Crippen molar-refractivity contribution in [1.29, 1.82) is 0 Å². The standard InChI is InChI=1S/C10H11NO/c1-8-2-5-11-6-9(8)10(7-12)3-4-10/h2,5-7H,3-4H2,1H3. The smallest absolute Gasteiger partial charge is 0.130 e. The SMILES string of the molecule is Cc1ccncc1C1(C=O)CC1. The number of hydrogen-bond donors (Lipinski definition) is 0. The number of rotatable bonds is 2. The lowest BCUT2D eigenvalue weighted by Crippen LogP contribution is -2.09. The molecule has 1 heterocycles. The van der Waals surface area contributed by atoms with Crippen LogP contribution in [-0.2, 0) is 10.2 Å². The zero-order chi connectivity index (χ0) is 8.60. The quantitative estimate of drug-likeness (QED) is 0.617. The van der Waals surface area contributed by atoms with Crippen LogP contribution in [0.15, 0.2) is 18.5 Å². The number of carbonyl (C=O) groups is 1. The molecule has 1 fully saturated rings. The topological polar surface area (TPSA) is 30.0 Å². The molecule has 1 aromatic heterocycles. The molecular formula is C10H11NO. The van der Waals surface area contributed by atoms with Gasteiger partial charge >= 0.3 is 0 Å². The van der Waals surface area contributed by atoms with E-state index in [0.29, 0.717) is 0 Å². The van der Waals surface area contributed by atoms with Gasteiger partial charge in [0.15, 0.2) is 0 Å². The van der Waals surface area contributed by atoms with Gasteiger partial charge in [-0.25, -0.2) is 0 Å². The summed E-state index contributed by atoms with van der Waals surface area (Å²) in [5.74, 6) is 0. The highest BCUT2D eigenvalue weighted by Crippen LogP contribution is 2.46. The molecule has 12 heavy (non-hydrogen) atoms. The van der Waals surface area contributed by atoms with Gasteiger partial charge in [0.1, 0.15) is 6.29 Å². The Bertz CT molecular complexity index is 315. The summed E-state index contributed by atoms with van der Waals surface area (Å²) in [5.41, 5.74) is 2.12. The first kappa shape index (κ1) is 7.47. The fourth-order valence-corrected chi connectivity index (χ4v) is 1.57. The maximum atomic E-state index is 10.8. The molecule has 0 N–H and O–H groups in total. The van der Waals surface area contributed by atoms with Crippen molar-refractivity contribution in [3.05, 3.63) is 29.6 Å². The lowest BCUT2D eigenvalue weighted by atomic mass is 9.96. The van der Waals surface area contributed by atoms with Gasteiger partial charge in [-0.15, -0.1) is 0 Å². The summed E-state index contributed by atoms with van der Waals surface area (Å²) in [6.45, 7) is 2.03. The molecule has 0 spiro atoms. The molecule has 0 radical (unpaired) electrons. The maximum Gasteiger partial charge on any atom is 0.130 e. The summed E-state index contributed by atoms with van der Waals surface area (Å²) in [5, 5.41) is 0. The number of hydrogen-bond acceptors (Lipinski definition) is 2. The van der Waals surface area contributed by atoms with E-state index in [1.54, 1.807) is 6.20 Å². The molecule has 0 aromatic carbocycles. The van der Waals surface area contributed by atoms with Crippen molar-refractivity contribution in [1.82, 2.24) is 4.98 Å². The Morgan fingerprint density at radius 2 is 2.33 bits per heavy atom. The zero-order valence-corrected chi connectivity index (χ0v) is 7.08. The van der Waals surface area contributed by atoms with Crippen LogP contribution in [0.2, 0.25) is 0 Å². The van der Waals surface area contributed by atoms with Crippen molar-refractivity contribution >= 4 is 6.29 Å². The summed E-state index contributed by atoms with van der Waals surface area (Å²) in [6.07, 6.45) is 6.62. The van der Waals surface area contributed by atoms with Gasteiger partial charge in [-0.2, -0.15) is 0 Å². The molecule has 2 nitrogen and oxygen atoms in total. The van der Waals surface area contributed by atoms with Crippen molar-refractivity contribution < 1.29 is 4.79 Å². The van der Waals surface area contributed by atoms with Crippen LogP contribution in [0.1, 0.15) is 24.0 Å². The Kier molecular flexibility index (Phi) is 1.50. The van der Waals surface area contributed by atoms with Gasteiger partial charge in [0.2, 0.25) is 0 Å². The zero-order valence-electron chi connectivity index (χ0n) is 7.08. The van der Waals surface area contributed by atoms with Crippen molar-refractivity contribution in [3.8, 4) is 0 Å². The Labute approximate surface area is 71.6 Å². The van der Waals surface area contributed by atoms with Gasteiger partial charge in [-0.1, -0.05) is 0 Å². The van der Waals surface area contributed by atoms with Crippen molar-refractivity contribution in [2.45, 2.75) is 25.2 Å². The summed E-state index contributed by atoms with van der Waals surface area (Å²) in [4.78, 5) is 14.9. The summed E-state index contributed by atoms with van der Waals surface area (Å²) < 4.78 is 0. The summed E-state index contributed by atoms with van der Waals surface area (Å²) in [7, 11) is 0. The van der Waals surface area contributed by atoms with Gasteiger partial charge in [0.25, 0.3) is 0 Å². The minimum absolute atomic E-state index is 0.168. The number of aryl methyl sites for hydroxylation is 1. The fourth-order valence-electron chi connectivity index (χ4n) is 1.57. The number of aldehydes is 1. The van der Waals surface area contributed by atoms with E-state index < -0.39 is 0 Å². The third kappa shape index (κ3) is 0.951. The molecule has 2 rings (SSSR count). The highest BCUT2D eigenvalue weighted by molar-refractivity contribution is 5.73. The lowest BCUT2D eigenvalue weighted by molar-refractivity contribution is -0.109. The van der Waals surface area contributed by atoms with Crippen LogP contribution in [0, 0.1) is 6.92 Å². The van der Waals surface area contributed by atoms with Crippen LogP contribution in [0.4, 0.5) is 0 Å². The molecule has 2 heteroatoms.